The van der Waals surface area contributed by atoms with Gasteiger partial charge in [-0.15, -0.1) is 0 Å². The van der Waals surface area contributed by atoms with Crippen LogP contribution in [0.4, 0.5) is 5.82 Å². The zero-order chi connectivity index (χ0) is 18.9. The molecule has 140 valence electrons. The molecule has 0 aliphatic heterocycles. The van der Waals surface area contributed by atoms with Crippen LogP contribution >= 0.6 is 0 Å². The molecule has 2 aromatic carbocycles. The van der Waals surface area contributed by atoms with Crippen molar-refractivity contribution in [3.63, 3.8) is 0 Å². The Labute approximate surface area is 160 Å². The largest absolute Gasteiger partial charge is 0.496 e. The first kappa shape index (κ1) is 18.7. The van der Waals surface area contributed by atoms with Crippen LogP contribution < -0.4 is 20.5 Å². The van der Waals surface area contributed by atoms with Crippen molar-refractivity contribution in [1.29, 1.82) is 0 Å². The normalized spacial score (nSPS) is 10.6. The molecule has 0 saturated heterocycles. The van der Waals surface area contributed by atoms with Crippen LogP contribution in [0.25, 0.3) is 11.3 Å². The van der Waals surface area contributed by atoms with Gasteiger partial charge in [0.2, 0.25) is 0 Å². The van der Waals surface area contributed by atoms with Crippen molar-refractivity contribution < 1.29 is 9.47 Å². The minimum absolute atomic E-state index is 0.483. The van der Waals surface area contributed by atoms with E-state index in [4.69, 9.17) is 15.2 Å². The molecule has 5 heteroatoms. The zero-order valence-corrected chi connectivity index (χ0v) is 15.5. The highest BCUT2D eigenvalue weighted by Gasteiger charge is 2.09. The van der Waals surface area contributed by atoms with Crippen LogP contribution in [-0.2, 0) is 6.42 Å². The molecule has 3 rings (SSSR count). The van der Waals surface area contributed by atoms with Gasteiger partial charge in [-0.1, -0.05) is 36.4 Å². The van der Waals surface area contributed by atoms with Gasteiger partial charge in [0.1, 0.15) is 23.9 Å². The summed E-state index contributed by atoms with van der Waals surface area (Å²) in [4.78, 5) is 4.35. The lowest BCUT2D eigenvalue weighted by Gasteiger charge is -2.12. The number of ether oxygens (including phenoxy) is 2. The monoisotopic (exact) mass is 363 g/mol. The second kappa shape index (κ2) is 9.59. The van der Waals surface area contributed by atoms with Gasteiger partial charge in [-0.3, -0.25) is 0 Å². The Bertz CT molecular complexity index is 853. The van der Waals surface area contributed by atoms with E-state index in [-0.39, 0.29) is 0 Å². The van der Waals surface area contributed by atoms with Crippen LogP contribution in [0.2, 0.25) is 0 Å². The molecule has 3 N–H and O–H groups in total. The first-order chi connectivity index (χ1) is 13.3. The first-order valence-electron chi connectivity index (χ1n) is 9.04. The summed E-state index contributed by atoms with van der Waals surface area (Å²) >= 11 is 0. The molecule has 0 radical (unpaired) electrons. The Morgan fingerprint density at radius 3 is 2.59 bits per heavy atom. The highest BCUT2D eigenvalue weighted by atomic mass is 16.5. The predicted molar refractivity (Wildman–Crippen MR) is 109 cm³/mol. The summed E-state index contributed by atoms with van der Waals surface area (Å²) in [7, 11) is 1.64. The number of nitrogen functional groups attached to an aromatic ring is 1. The average Bonchev–Trinajstić information content (AvgIpc) is 2.71. The average molecular weight is 363 g/mol. The molecule has 5 nitrogen and oxygen atoms in total. The molecular weight excluding hydrogens is 338 g/mol. The molecular formula is C22H25N3O2. The molecule has 0 atom stereocenters. The van der Waals surface area contributed by atoms with Crippen LogP contribution in [0.5, 0.6) is 11.5 Å². The molecule has 3 aromatic rings. The van der Waals surface area contributed by atoms with E-state index in [2.05, 4.69) is 34.6 Å². The third kappa shape index (κ3) is 5.46. The molecule has 0 saturated carbocycles. The van der Waals surface area contributed by atoms with Crippen molar-refractivity contribution in [2.75, 3.05) is 32.5 Å². The number of rotatable bonds is 9. The van der Waals surface area contributed by atoms with Crippen molar-refractivity contribution in [1.82, 2.24) is 10.3 Å². The van der Waals surface area contributed by atoms with E-state index in [9.17, 15) is 0 Å². The number of anilines is 1. The maximum absolute atomic E-state index is 5.83. The topological polar surface area (TPSA) is 69.4 Å². The van der Waals surface area contributed by atoms with E-state index in [1.54, 1.807) is 13.2 Å². The van der Waals surface area contributed by atoms with Crippen molar-refractivity contribution in [3.05, 3.63) is 72.3 Å². The van der Waals surface area contributed by atoms with Gasteiger partial charge in [0.15, 0.2) is 0 Å². The van der Waals surface area contributed by atoms with E-state index in [0.717, 1.165) is 36.5 Å². The van der Waals surface area contributed by atoms with Crippen LogP contribution in [0, 0.1) is 0 Å². The summed E-state index contributed by atoms with van der Waals surface area (Å²) < 4.78 is 11.3. The Kier molecular flexibility index (Phi) is 6.66. The number of nitrogens with one attached hydrogen (secondary N) is 1. The van der Waals surface area contributed by atoms with E-state index < -0.39 is 0 Å². The van der Waals surface area contributed by atoms with E-state index in [0.29, 0.717) is 18.2 Å². The number of aromatic nitrogens is 1. The van der Waals surface area contributed by atoms with E-state index in [1.165, 1.54) is 5.56 Å². The number of methoxy groups -OCH3 is 1. The highest BCUT2D eigenvalue weighted by Crippen LogP contribution is 2.32. The molecule has 0 amide bonds. The van der Waals surface area contributed by atoms with Crippen molar-refractivity contribution in [2.45, 2.75) is 6.42 Å². The van der Waals surface area contributed by atoms with Gasteiger partial charge in [0.05, 0.1) is 12.8 Å². The highest BCUT2D eigenvalue weighted by molar-refractivity contribution is 5.69. The number of hydrogen-bond donors (Lipinski definition) is 2. The molecule has 0 spiro atoms. The molecule has 0 fully saturated rings. The third-order valence-corrected chi connectivity index (χ3v) is 4.20. The summed E-state index contributed by atoms with van der Waals surface area (Å²) in [6, 6.07) is 21.7. The number of hydrogen-bond acceptors (Lipinski definition) is 5. The van der Waals surface area contributed by atoms with Gasteiger partial charge in [0, 0.05) is 18.2 Å². The van der Waals surface area contributed by atoms with Gasteiger partial charge in [0.25, 0.3) is 0 Å². The first-order valence-corrected chi connectivity index (χ1v) is 9.04. The SMILES string of the molecule is COc1cc(OCCNCCc2ccccc2)ccc1-c1cccc(N)n1. The number of nitrogens with two attached hydrogens (primary N) is 1. The lowest BCUT2D eigenvalue weighted by Crippen LogP contribution is -2.23. The third-order valence-electron chi connectivity index (χ3n) is 4.20. The molecule has 27 heavy (non-hydrogen) atoms. The number of pyridine rings is 1. The predicted octanol–water partition coefficient (Wildman–Crippen LogP) is 3.55. The lowest BCUT2D eigenvalue weighted by atomic mass is 10.1. The summed E-state index contributed by atoms with van der Waals surface area (Å²) in [6.07, 6.45) is 1.01. The van der Waals surface area contributed by atoms with Gasteiger partial charge >= 0.3 is 0 Å². The standard InChI is InChI=1S/C22H25N3O2/c1-26-21-16-18(10-11-19(21)20-8-5-9-22(23)25-20)27-15-14-24-13-12-17-6-3-2-4-7-17/h2-11,16,24H,12-15H2,1H3,(H2,23,25). The maximum atomic E-state index is 5.83. The van der Waals surface area contributed by atoms with E-state index >= 15 is 0 Å². The fraction of sp³-hybridized carbons (Fsp3) is 0.227. The smallest absolute Gasteiger partial charge is 0.131 e. The summed E-state index contributed by atoms with van der Waals surface area (Å²) in [5.41, 5.74) is 8.78. The zero-order valence-electron chi connectivity index (χ0n) is 15.5. The van der Waals surface area contributed by atoms with E-state index in [1.807, 2.05) is 36.4 Å². The van der Waals surface area contributed by atoms with Gasteiger partial charge in [-0.2, -0.15) is 0 Å². The number of nitrogens with zero attached hydrogens (tertiary/aromatic N) is 1. The van der Waals surface area contributed by atoms with Gasteiger partial charge in [-0.25, -0.2) is 4.98 Å². The van der Waals surface area contributed by atoms with Gasteiger partial charge in [-0.05, 0) is 42.8 Å². The molecule has 0 unspecified atom stereocenters. The second-order valence-electron chi connectivity index (χ2n) is 6.14. The van der Waals surface area contributed by atoms with Crippen LogP contribution in [0.15, 0.2) is 66.7 Å². The molecule has 0 aliphatic rings. The lowest BCUT2D eigenvalue weighted by molar-refractivity contribution is 0.312. The Morgan fingerprint density at radius 1 is 0.963 bits per heavy atom. The van der Waals surface area contributed by atoms with Gasteiger partial charge < -0.3 is 20.5 Å². The van der Waals surface area contributed by atoms with Crippen molar-refractivity contribution in [2.24, 2.45) is 0 Å². The van der Waals surface area contributed by atoms with Crippen molar-refractivity contribution >= 4 is 5.82 Å². The minimum Gasteiger partial charge on any atom is -0.496 e. The minimum atomic E-state index is 0.483. The molecule has 0 aliphatic carbocycles. The Balaban J connectivity index is 1.49. The summed E-state index contributed by atoms with van der Waals surface area (Å²) in [5, 5.41) is 3.40. The van der Waals surface area contributed by atoms with Crippen molar-refractivity contribution in [3.8, 4) is 22.8 Å². The van der Waals surface area contributed by atoms with Crippen LogP contribution in [-0.4, -0.2) is 31.8 Å². The Hall–Kier alpha value is -3.05. The summed E-state index contributed by atoms with van der Waals surface area (Å²) in [5.74, 6) is 1.96. The second-order valence-corrected chi connectivity index (χ2v) is 6.14. The maximum Gasteiger partial charge on any atom is 0.131 e. The summed E-state index contributed by atoms with van der Waals surface area (Å²) in [6.45, 7) is 2.30. The Morgan fingerprint density at radius 2 is 1.81 bits per heavy atom. The fourth-order valence-electron chi connectivity index (χ4n) is 2.82. The quantitative estimate of drug-likeness (QED) is 0.569. The van der Waals surface area contributed by atoms with Crippen LogP contribution in [0.3, 0.4) is 0 Å². The fourth-order valence-corrected chi connectivity index (χ4v) is 2.82. The molecule has 0 bridgehead atoms. The number of benzene rings is 2. The molecule has 1 aromatic heterocycles. The molecule has 1 heterocycles. The van der Waals surface area contributed by atoms with Crippen LogP contribution in [0.1, 0.15) is 5.56 Å².